The Labute approximate surface area is 163 Å². The van der Waals surface area contributed by atoms with Gasteiger partial charge in [-0.2, -0.15) is 0 Å². The lowest BCUT2D eigenvalue weighted by atomic mass is 9.93. The molecule has 1 aliphatic rings. The molecule has 0 spiro atoms. The van der Waals surface area contributed by atoms with Gasteiger partial charge in [0.15, 0.2) is 5.76 Å². The van der Waals surface area contributed by atoms with E-state index < -0.39 is 17.8 Å². The minimum atomic E-state index is -0.667. The third-order valence-corrected chi connectivity index (χ3v) is 5.07. The molecule has 3 nitrogen and oxygen atoms in total. The van der Waals surface area contributed by atoms with E-state index in [1.54, 1.807) is 23.1 Å². The van der Waals surface area contributed by atoms with Crippen molar-refractivity contribution >= 4 is 11.5 Å². The predicted octanol–water partition coefficient (Wildman–Crippen LogP) is 4.92. The summed E-state index contributed by atoms with van der Waals surface area (Å²) in [4.78, 5) is 14.5. The quantitative estimate of drug-likeness (QED) is 0.690. The zero-order valence-corrected chi connectivity index (χ0v) is 15.3. The summed E-state index contributed by atoms with van der Waals surface area (Å²) >= 11 is 0. The summed E-state index contributed by atoms with van der Waals surface area (Å²) in [7, 11) is 0. The molecule has 0 fully saturated rings. The van der Waals surface area contributed by atoms with Crippen LogP contribution in [0.5, 0.6) is 0 Å². The van der Waals surface area contributed by atoms with E-state index in [1.807, 2.05) is 60.7 Å². The summed E-state index contributed by atoms with van der Waals surface area (Å²) in [6.45, 7) is 0.377. The number of carbonyl (C=O) groups is 1. The summed E-state index contributed by atoms with van der Waals surface area (Å²) in [5.74, 6) is -1.18. The second-order valence-corrected chi connectivity index (χ2v) is 6.79. The first-order chi connectivity index (χ1) is 13.7. The van der Waals surface area contributed by atoms with Gasteiger partial charge in [-0.15, -0.1) is 0 Å². The molecule has 1 N–H and O–H groups in total. The number of benzene rings is 3. The standard InChI is InChI=1S/C24H20FNO2/c25-20-14-8-7-13-19(20)22-21(18-11-5-2-6-12-18)23(27)24(28)26(22)16-15-17-9-3-1-4-10-17/h1-14,22,27H,15-16H2/t22-/m0/s1. The van der Waals surface area contributed by atoms with E-state index in [9.17, 15) is 14.3 Å². The maximum atomic E-state index is 14.7. The number of carbonyl (C=O) groups excluding carboxylic acids is 1. The van der Waals surface area contributed by atoms with Gasteiger partial charge in [0.1, 0.15) is 5.82 Å². The third kappa shape index (κ3) is 3.29. The molecule has 1 heterocycles. The van der Waals surface area contributed by atoms with E-state index in [1.165, 1.54) is 6.07 Å². The Morgan fingerprint density at radius 2 is 1.46 bits per heavy atom. The van der Waals surface area contributed by atoms with Gasteiger partial charge in [0.05, 0.1) is 6.04 Å². The maximum Gasteiger partial charge on any atom is 0.289 e. The van der Waals surface area contributed by atoms with Crippen molar-refractivity contribution in [2.24, 2.45) is 0 Å². The molecular weight excluding hydrogens is 353 g/mol. The SMILES string of the molecule is O=C1C(O)=C(c2ccccc2)[C@H](c2ccccc2F)N1CCc1ccccc1. The van der Waals surface area contributed by atoms with Crippen LogP contribution in [0, 0.1) is 5.82 Å². The molecular formula is C24H20FNO2. The lowest BCUT2D eigenvalue weighted by molar-refractivity contribution is -0.129. The topological polar surface area (TPSA) is 40.5 Å². The third-order valence-electron chi connectivity index (χ3n) is 5.07. The van der Waals surface area contributed by atoms with Crippen molar-refractivity contribution in [3.8, 4) is 0 Å². The second kappa shape index (κ2) is 7.69. The predicted molar refractivity (Wildman–Crippen MR) is 107 cm³/mol. The van der Waals surface area contributed by atoms with Gasteiger partial charge in [-0.05, 0) is 23.6 Å². The Morgan fingerprint density at radius 1 is 0.857 bits per heavy atom. The number of aliphatic hydroxyl groups excluding tert-OH is 1. The van der Waals surface area contributed by atoms with E-state index in [0.717, 1.165) is 5.56 Å². The van der Waals surface area contributed by atoms with Gasteiger partial charge in [0.2, 0.25) is 0 Å². The van der Waals surface area contributed by atoms with Crippen LogP contribution in [0.2, 0.25) is 0 Å². The van der Waals surface area contributed by atoms with Crippen LogP contribution in [0.25, 0.3) is 5.57 Å². The molecule has 3 aromatic rings. The number of hydrogen-bond acceptors (Lipinski definition) is 2. The fourth-order valence-electron chi connectivity index (χ4n) is 3.71. The zero-order chi connectivity index (χ0) is 19.5. The van der Waals surface area contributed by atoms with Gasteiger partial charge in [-0.1, -0.05) is 78.9 Å². The van der Waals surface area contributed by atoms with Crippen LogP contribution in [0.4, 0.5) is 4.39 Å². The molecule has 1 atom stereocenters. The average molecular weight is 373 g/mol. The lowest BCUT2D eigenvalue weighted by Gasteiger charge is -2.27. The summed E-state index contributed by atoms with van der Waals surface area (Å²) in [5.41, 5.74) is 2.62. The van der Waals surface area contributed by atoms with Crippen molar-refractivity contribution in [2.75, 3.05) is 6.54 Å². The minimum Gasteiger partial charge on any atom is -0.503 e. The summed E-state index contributed by atoms with van der Waals surface area (Å²) < 4.78 is 14.7. The fourth-order valence-corrected chi connectivity index (χ4v) is 3.71. The van der Waals surface area contributed by atoms with Crippen molar-refractivity contribution in [3.63, 3.8) is 0 Å². The summed E-state index contributed by atoms with van der Waals surface area (Å²) in [6.07, 6.45) is 0.618. The largest absolute Gasteiger partial charge is 0.503 e. The van der Waals surface area contributed by atoms with Crippen molar-refractivity contribution in [3.05, 3.63) is 113 Å². The van der Waals surface area contributed by atoms with Gasteiger partial charge < -0.3 is 10.0 Å². The van der Waals surface area contributed by atoms with Gasteiger partial charge in [0, 0.05) is 17.7 Å². The van der Waals surface area contributed by atoms with Crippen LogP contribution in [0.1, 0.15) is 22.7 Å². The first-order valence-electron chi connectivity index (χ1n) is 9.24. The highest BCUT2D eigenvalue weighted by Crippen LogP contribution is 2.43. The molecule has 1 amide bonds. The molecule has 3 aromatic carbocycles. The van der Waals surface area contributed by atoms with Crippen LogP contribution in [0.3, 0.4) is 0 Å². The molecule has 4 heteroatoms. The molecule has 28 heavy (non-hydrogen) atoms. The van der Waals surface area contributed by atoms with Crippen molar-refractivity contribution in [1.82, 2.24) is 4.90 Å². The Bertz CT molecular complexity index is 1020. The zero-order valence-electron chi connectivity index (χ0n) is 15.3. The Kier molecular flexibility index (Phi) is 4.94. The highest BCUT2D eigenvalue weighted by Gasteiger charge is 2.41. The number of halogens is 1. The summed E-state index contributed by atoms with van der Waals surface area (Å²) in [5, 5.41) is 10.7. The smallest absolute Gasteiger partial charge is 0.289 e. The van der Waals surface area contributed by atoms with E-state index in [2.05, 4.69) is 0 Å². The first-order valence-corrected chi connectivity index (χ1v) is 9.24. The number of aliphatic hydroxyl groups is 1. The van der Waals surface area contributed by atoms with Crippen LogP contribution in [-0.2, 0) is 11.2 Å². The molecule has 0 aliphatic carbocycles. The molecule has 1 aliphatic heterocycles. The molecule has 0 saturated heterocycles. The van der Waals surface area contributed by atoms with E-state index in [4.69, 9.17) is 0 Å². The highest BCUT2D eigenvalue weighted by molar-refractivity contribution is 6.05. The van der Waals surface area contributed by atoms with Crippen LogP contribution in [0.15, 0.2) is 90.7 Å². The Morgan fingerprint density at radius 3 is 2.14 bits per heavy atom. The number of amides is 1. The molecule has 140 valence electrons. The van der Waals surface area contributed by atoms with E-state index in [-0.39, 0.29) is 5.76 Å². The maximum absolute atomic E-state index is 14.7. The molecule has 0 unspecified atom stereocenters. The molecule has 0 radical (unpaired) electrons. The summed E-state index contributed by atoms with van der Waals surface area (Å²) in [6, 6.07) is 24.8. The van der Waals surface area contributed by atoms with Gasteiger partial charge in [-0.25, -0.2) is 4.39 Å². The van der Waals surface area contributed by atoms with Crippen molar-refractivity contribution in [1.29, 1.82) is 0 Å². The molecule has 0 saturated carbocycles. The second-order valence-electron chi connectivity index (χ2n) is 6.79. The molecule has 0 aromatic heterocycles. The fraction of sp³-hybridized carbons (Fsp3) is 0.125. The first kappa shape index (κ1) is 18.0. The van der Waals surface area contributed by atoms with Gasteiger partial charge in [0.25, 0.3) is 5.91 Å². The lowest BCUT2D eigenvalue weighted by Crippen LogP contribution is -2.32. The van der Waals surface area contributed by atoms with E-state index >= 15 is 0 Å². The highest BCUT2D eigenvalue weighted by atomic mass is 19.1. The monoisotopic (exact) mass is 373 g/mol. The number of rotatable bonds is 5. The Balaban J connectivity index is 1.75. The van der Waals surface area contributed by atoms with Crippen molar-refractivity contribution < 1.29 is 14.3 Å². The van der Waals surface area contributed by atoms with Gasteiger partial charge >= 0.3 is 0 Å². The molecule has 0 bridgehead atoms. The number of hydrogen-bond donors (Lipinski definition) is 1. The normalized spacial score (nSPS) is 16.7. The number of nitrogens with zero attached hydrogens (tertiary/aromatic N) is 1. The van der Waals surface area contributed by atoms with Crippen LogP contribution >= 0.6 is 0 Å². The average Bonchev–Trinajstić information content (AvgIpc) is 2.98. The molecule has 4 rings (SSSR count). The Hall–Kier alpha value is -3.40. The van der Waals surface area contributed by atoms with Crippen LogP contribution < -0.4 is 0 Å². The minimum absolute atomic E-state index is 0.312. The van der Waals surface area contributed by atoms with Gasteiger partial charge in [-0.3, -0.25) is 4.79 Å². The van der Waals surface area contributed by atoms with Crippen LogP contribution in [-0.4, -0.2) is 22.5 Å². The van der Waals surface area contributed by atoms with E-state index in [0.29, 0.717) is 29.7 Å². The van der Waals surface area contributed by atoms with Crippen molar-refractivity contribution in [2.45, 2.75) is 12.5 Å².